The van der Waals surface area contributed by atoms with Crippen LogP contribution in [0, 0.1) is 11.8 Å². The molecule has 0 radical (unpaired) electrons. The SMILES string of the molecule is C.C.C.C.CCC(CC(C)C(=O)Nc1cccc(B(O)O)c1)C(=O)N(C)C. The highest BCUT2D eigenvalue weighted by atomic mass is 16.4. The van der Waals surface area contributed by atoms with Gasteiger partial charge in [0.1, 0.15) is 0 Å². The fourth-order valence-corrected chi connectivity index (χ4v) is 2.38. The van der Waals surface area contributed by atoms with Crippen LogP contribution >= 0.6 is 0 Å². The highest BCUT2D eigenvalue weighted by Crippen LogP contribution is 2.19. The number of benzene rings is 1. The number of amides is 2. The average molecular weight is 384 g/mol. The Kier molecular flexibility index (Phi) is 18.5. The molecule has 2 amide bonds. The minimum Gasteiger partial charge on any atom is -0.423 e. The second kappa shape index (κ2) is 15.2. The smallest absolute Gasteiger partial charge is 0.423 e. The van der Waals surface area contributed by atoms with E-state index in [2.05, 4.69) is 5.32 Å². The lowest BCUT2D eigenvalue weighted by Crippen LogP contribution is -2.33. The lowest BCUT2D eigenvalue weighted by molar-refractivity contribution is -0.134. The molecule has 0 fully saturated rings. The molecule has 1 aromatic carbocycles. The molecule has 2 atom stereocenters. The molecular weight excluding hydrogens is 343 g/mol. The van der Waals surface area contributed by atoms with Crippen molar-refractivity contribution in [3.05, 3.63) is 24.3 Å². The Hall–Kier alpha value is -1.86. The Balaban J connectivity index is -0.000000661. The second-order valence-corrected chi connectivity index (χ2v) is 5.96. The number of hydrogen-bond donors (Lipinski definition) is 3. The molecule has 0 aliphatic heterocycles. The highest BCUT2D eigenvalue weighted by Gasteiger charge is 2.24. The lowest BCUT2D eigenvalue weighted by atomic mass is 9.80. The molecule has 0 aromatic heterocycles. The van der Waals surface area contributed by atoms with E-state index >= 15 is 0 Å². The number of nitrogens with one attached hydrogen (secondary N) is 1. The zero-order valence-electron chi connectivity index (χ0n) is 14.1. The third-order valence-electron chi connectivity index (χ3n) is 3.82. The number of carbonyl (C=O) groups is 2. The van der Waals surface area contributed by atoms with Crippen LogP contribution in [-0.4, -0.2) is 48.0 Å². The lowest BCUT2D eigenvalue weighted by Gasteiger charge is -2.22. The predicted molar refractivity (Wildman–Crippen MR) is 118 cm³/mol. The van der Waals surface area contributed by atoms with Crippen LogP contribution in [0.4, 0.5) is 5.69 Å². The molecule has 0 heterocycles. The highest BCUT2D eigenvalue weighted by molar-refractivity contribution is 6.58. The fourth-order valence-electron chi connectivity index (χ4n) is 2.38. The van der Waals surface area contributed by atoms with Gasteiger partial charge in [-0.3, -0.25) is 9.59 Å². The summed E-state index contributed by atoms with van der Waals surface area (Å²) in [5.41, 5.74) is 0.809. The van der Waals surface area contributed by atoms with Gasteiger partial charge in [-0.25, -0.2) is 0 Å². The zero-order chi connectivity index (χ0) is 17.6. The molecular formula is C20H41BN2O4. The summed E-state index contributed by atoms with van der Waals surface area (Å²) in [5.74, 6) is -0.681. The molecule has 7 heteroatoms. The first-order valence-electron chi connectivity index (χ1n) is 7.74. The van der Waals surface area contributed by atoms with Crippen LogP contribution in [-0.2, 0) is 9.59 Å². The van der Waals surface area contributed by atoms with Crippen LogP contribution in [0.1, 0.15) is 56.4 Å². The van der Waals surface area contributed by atoms with Crippen molar-refractivity contribution in [1.82, 2.24) is 4.90 Å². The van der Waals surface area contributed by atoms with Gasteiger partial charge in [0, 0.05) is 31.6 Å². The molecule has 1 aromatic rings. The van der Waals surface area contributed by atoms with E-state index in [4.69, 9.17) is 10.0 Å². The first kappa shape index (κ1) is 32.8. The molecule has 0 saturated carbocycles. The van der Waals surface area contributed by atoms with E-state index in [0.717, 1.165) is 0 Å². The standard InChI is InChI=1S/C16H25BN2O4.4CH4/c1-5-12(16(21)19(3)4)9-11(2)15(20)18-14-8-6-7-13(10-14)17(22)23;;;;/h6-8,10-12,22-23H,5,9H2,1-4H3,(H,18,20);4*1H4. The molecule has 0 bridgehead atoms. The summed E-state index contributed by atoms with van der Waals surface area (Å²) in [6.45, 7) is 3.72. The maximum atomic E-state index is 12.3. The van der Waals surface area contributed by atoms with Crippen molar-refractivity contribution in [3.8, 4) is 0 Å². The van der Waals surface area contributed by atoms with Crippen molar-refractivity contribution < 1.29 is 19.6 Å². The van der Waals surface area contributed by atoms with Crippen molar-refractivity contribution in [2.24, 2.45) is 11.8 Å². The molecule has 0 aliphatic rings. The van der Waals surface area contributed by atoms with Crippen molar-refractivity contribution >= 4 is 30.1 Å². The molecule has 1 rings (SSSR count). The van der Waals surface area contributed by atoms with E-state index in [9.17, 15) is 9.59 Å². The van der Waals surface area contributed by atoms with Crippen molar-refractivity contribution in [2.45, 2.75) is 56.4 Å². The number of nitrogens with zero attached hydrogens (tertiary/aromatic N) is 1. The Bertz CT molecular complexity index is 551. The minimum absolute atomic E-state index is 0. The Labute approximate surface area is 167 Å². The Morgan fingerprint density at radius 3 is 2.15 bits per heavy atom. The zero-order valence-corrected chi connectivity index (χ0v) is 14.1. The number of rotatable bonds is 7. The van der Waals surface area contributed by atoms with Crippen molar-refractivity contribution in [1.29, 1.82) is 0 Å². The van der Waals surface area contributed by atoms with Crippen LogP contribution in [0.15, 0.2) is 24.3 Å². The van der Waals surface area contributed by atoms with Gasteiger partial charge in [0.25, 0.3) is 0 Å². The maximum Gasteiger partial charge on any atom is 0.488 e. The summed E-state index contributed by atoms with van der Waals surface area (Å²) in [6.07, 6.45) is 1.16. The van der Waals surface area contributed by atoms with E-state index in [-0.39, 0.29) is 53.4 Å². The third kappa shape index (κ3) is 10.2. The van der Waals surface area contributed by atoms with E-state index in [1.54, 1.807) is 44.1 Å². The van der Waals surface area contributed by atoms with Gasteiger partial charge < -0.3 is 20.3 Å². The molecule has 0 saturated heterocycles. The second-order valence-electron chi connectivity index (χ2n) is 5.96. The molecule has 2 unspecified atom stereocenters. The van der Waals surface area contributed by atoms with E-state index in [0.29, 0.717) is 24.0 Å². The molecule has 0 spiro atoms. The largest absolute Gasteiger partial charge is 0.488 e. The van der Waals surface area contributed by atoms with Crippen LogP contribution in [0.2, 0.25) is 0 Å². The van der Waals surface area contributed by atoms with Crippen LogP contribution < -0.4 is 10.8 Å². The van der Waals surface area contributed by atoms with Crippen LogP contribution in [0.25, 0.3) is 0 Å². The summed E-state index contributed by atoms with van der Waals surface area (Å²) >= 11 is 0. The number of hydrogen-bond acceptors (Lipinski definition) is 4. The fraction of sp³-hybridized carbons (Fsp3) is 0.600. The molecule has 27 heavy (non-hydrogen) atoms. The summed E-state index contributed by atoms with van der Waals surface area (Å²) in [7, 11) is 1.84. The van der Waals surface area contributed by atoms with Gasteiger partial charge in [-0.2, -0.15) is 0 Å². The van der Waals surface area contributed by atoms with E-state index in [1.165, 1.54) is 6.07 Å². The van der Waals surface area contributed by atoms with Gasteiger partial charge in [-0.05, 0) is 30.4 Å². The minimum atomic E-state index is -1.58. The van der Waals surface area contributed by atoms with E-state index < -0.39 is 7.12 Å². The van der Waals surface area contributed by atoms with Crippen LogP contribution in [0.3, 0.4) is 0 Å². The molecule has 6 nitrogen and oxygen atoms in total. The first-order valence-corrected chi connectivity index (χ1v) is 7.74. The third-order valence-corrected chi connectivity index (χ3v) is 3.82. The molecule has 158 valence electrons. The summed E-state index contributed by atoms with van der Waals surface area (Å²) < 4.78 is 0. The predicted octanol–water partition coefficient (Wildman–Crippen LogP) is 2.99. The first-order chi connectivity index (χ1) is 10.8. The topological polar surface area (TPSA) is 89.9 Å². The maximum absolute atomic E-state index is 12.3. The average Bonchev–Trinajstić information content (AvgIpc) is 2.51. The summed E-state index contributed by atoms with van der Waals surface area (Å²) in [4.78, 5) is 25.9. The normalized spacial score (nSPS) is 11.2. The molecule has 0 aliphatic carbocycles. The Morgan fingerprint density at radius 1 is 1.15 bits per heavy atom. The van der Waals surface area contributed by atoms with Crippen LogP contribution in [0.5, 0.6) is 0 Å². The van der Waals surface area contributed by atoms with Gasteiger partial charge in [0.2, 0.25) is 11.8 Å². The molecule has 3 N–H and O–H groups in total. The summed E-state index contributed by atoms with van der Waals surface area (Å²) in [6, 6.07) is 6.39. The van der Waals surface area contributed by atoms with Gasteiger partial charge in [0.15, 0.2) is 0 Å². The monoisotopic (exact) mass is 384 g/mol. The van der Waals surface area contributed by atoms with Gasteiger partial charge >= 0.3 is 7.12 Å². The number of anilines is 1. The van der Waals surface area contributed by atoms with Gasteiger partial charge in [0.05, 0.1) is 0 Å². The van der Waals surface area contributed by atoms with Gasteiger partial charge in [-0.15, -0.1) is 0 Å². The quantitative estimate of drug-likeness (QED) is 0.631. The summed E-state index contributed by atoms with van der Waals surface area (Å²) in [5, 5.41) is 21.1. The van der Waals surface area contributed by atoms with Gasteiger partial charge in [-0.1, -0.05) is 55.7 Å². The number of carbonyl (C=O) groups excluding carboxylic acids is 2. The van der Waals surface area contributed by atoms with Crippen molar-refractivity contribution in [3.63, 3.8) is 0 Å². The van der Waals surface area contributed by atoms with Crippen molar-refractivity contribution in [2.75, 3.05) is 19.4 Å². The Morgan fingerprint density at radius 2 is 1.70 bits per heavy atom. The van der Waals surface area contributed by atoms with E-state index in [1.807, 2.05) is 6.92 Å².